The molecule has 0 amide bonds. The molecule has 0 spiro atoms. The molecule has 1 aliphatic rings. The van der Waals surface area contributed by atoms with Crippen molar-refractivity contribution < 1.29 is 0 Å². The molecule has 0 bridgehead atoms. The molecule has 1 saturated heterocycles. The van der Waals surface area contributed by atoms with Crippen LogP contribution >= 0.6 is 0 Å². The number of rotatable bonds is 0. The molecule has 0 aromatic rings. The van der Waals surface area contributed by atoms with E-state index < -0.39 is 0 Å². The molecule has 0 radical (unpaired) electrons. The Hall–Kier alpha value is -0.0400. The van der Waals surface area contributed by atoms with Crippen LogP contribution in [0.4, 0.5) is 0 Å². The van der Waals surface area contributed by atoms with Crippen molar-refractivity contribution in [3.63, 3.8) is 0 Å². The Morgan fingerprint density at radius 2 is 1.69 bits per heavy atom. The zero-order valence-electron chi connectivity index (χ0n) is 10.1. The van der Waals surface area contributed by atoms with Gasteiger partial charge in [-0.3, -0.25) is 0 Å². The van der Waals surface area contributed by atoms with Gasteiger partial charge in [-0.15, -0.1) is 0 Å². The second-order valence-corrected chi connectivity index (χ2v) is 5.84. The van der Waals surface area contributed by atoms with Crippen molar-refractivity contribution in [2.75, 3.05) is 13.6 Å². The summed E-state index contributed by atoms with van der Waals surface area (Å²) in [7, 11) is 2.25. The molecule has 0 aromatic carbocycles. The molecular weight excluding hydrogens is 158 g/mol. The lowest BCUT2D eigenvalue weighted by Crippen LogP contribution is -2.47. The summed E-state index contributed by atoms with van der Waals surface area (Å²) in [5.41, 5.74) is 0.481. The smallest absolute Gasteiger partial charge is 0.00923 e. The van der Waals surface area contributed by atoms with Gasteiger partial charge in [0.25, 0.3) is 0 Å². The van der Waals surface area contributed by atoms with E-state index in [0.29, 0.717) is 5.41 Å². The largest absolute Gasteiger partial charge is 0.303 e. The van der Waals surface area contributed by atoms with Gasteiger partial charge in [0.05, 0.1) is 0 Å². The summed E-state index contributed by atoms with van der Waals surface area (Å²) in [5.74, 6) is 1.72. The maximum absolute atomic E-state index is 2.49. The number of hydrogen-bond acceptors (Lipinski definition) is 1. The molecule has 13 heavy (non-hydrogen) atoms. The van der Waals surface area contributed by atoms with Gasteiger partial charge < -0.3 is 4.90 Å². The predicted molar refractivity (Wildman–Crippen MR) is 58.8 cm³/mol. The Labute approximate surface area is 83.5 Å². The Kier molecular flexibility index (Phi) is 3.06. The van der Waals surface area contributed by atoms with Gasteiger partial charge in [0.2, 0.25) is 0 Å². The molecule has 1 heterocycles. The van der Waals surface area contributed by atoms with Crippen LogP contribution in [-0.2, 0) is 0 Å². The van der Waals surface area contributed by atoms with Gasteiger partial charge in [-0.25, -0.2) is 0 Å². The van der Waals surface area contributed by atoms with E-state index in [2.05, 4.69) is 46.6 Å². The van der Waals surface area contributed by atoms with Crippen molar-refractivity contribution >= 4 is 0 Å². The summed E-state index contributed by atoms with van der Waals surface area (Å²) in [6.45, 7) is 13.2. The summed E-state index contributed by atoms with van der Waals surface area (Å²) in [4.78, 5) is 2.49. The quantitative estimate of drug-likeness (QED) is 0.558. The van der Waals surface area contributed by atoms with E-state index in [1.54, 1.807) is 0 Å². The summed E-state index contributed by atoms with van der Waals surface area (Å²) in [6.07, 6.45) is 1.37. The zero-order chi connectivity index (χ0) is 10.2. The SMILES string of the molecule is CC1C(C)N(C)CCC1C(C)(C)C. The molecule has 1 aliphatic heterocycles. The number of nitrogens with zero attached hydrogens (tertiary/aromatic N) is 1. The molecule has 78 valence electrons. The molecule has 1 fully saturated rings. The van der Waals surface area contributed by atoms with Crippen LogP contribution in [0.1, 0.15) is 41.0 Å². The minimum absolute atomic E-state index is 0.481. The monoisotopic (exact) mass is 183 g/mol. The highest BCUT2D eigenvalue weighted by Crippen LogP contribution is 2.40. The zero-order valence-corrected chi connectivity index (χ0v) is 10.1. The van der Waals surface area contributed by atoms with Crippen molar-refractivity contribution in [1.29, 1.82) is 0 Å². The molecule has 1 heteroatoms. The van der Waals surface area contributed by atoms with Crippen LogP contribution in [0.25, 0.3) is 0 Å². The molecule has 3 atom stereocenters. The number of likely N-dealkylation sites (tertiary alicyclic amines) is 1. The highest BCUT2D eigenvalue weighted by Gasteiger charge is 2.36. The third-order valence-electron chi connectivity index (χ3n) is 4.00. The second kappa shape index (κ2) is 3.61. The predicted octanol–water partition coefficient (Wildman–Crippen LogP) is 3.01. The van der Waals surface area contributed by atoms with Crippen molar-refractivity contribution in [1.82, 2.24) is 4.90 Å². The average Bonchev–Trinajstić information content (AvgIpc) is 1.98. The third kappa shape index (κ3) is 2.25. The maximum Gasteiger partial charge on any atom is 0.00923 e. The average molecular weight is 183 g/mol. The first-order chi connectivity index (χ1) is 5.84. The van der Waals surface area contributed by atoms with E-state index in [-0.39, 0.29) is 0 Å². The molecular formula is C12H25N. The lowest BCUT2D eigenvalue weighted by atomic mass is 9.68. The minimum Gasteiger partial charge on any atom is -0.303 e. The van der Waals surface area contributed by atoms with Gasteiger partial charge >= 0.3 is 0 Å². The second-order valence-electron chi connectivity index (χ2n) is 5.84. The van der Waals surface area contributed by atoms with Gasteiger partial charge in [-0.05, 0) is 44.2 Å². The lowest BCUT2D eigenvalue weighted by molar-refractivity contribution is 0.0307. The van der Waals surface area contributed by atoms with Crippen LogP contribution in [0, 0.1) is 17.3 Å². The summed E-state index contributed by atoms with van der Waals surface area (Å²) >= 11 is 0. The fourth-order valence-electron chi connectivity index (χ4n) is 2.77. The van der Waals surface area contributed by atoms with E-state index in [4.69, 9.17) is 0 Å². The van der Waals surface area contributed by atoms with Crippen molar-refractivity contribution in [2.24, 2.45) is 17.3 Å². The first-order valence-corrected chi connectivity index (χ1v) is 5.54. The van der Waals surface area contributed by atoms with Gasteiger partial charge in [-0.1, -0.05) is 27.7 Å². The molecule has 1 nitrogen and oxygen atoms in total. The third-order valence-corrected chi connectivity index (χ3v) is 4.00. The Morgan fingerprint density at radius 1 is 1.15 bits per heavy atom. The number of hydrogen-bond donors (Lipinski definition) is 0. The lowest BCUT2D eigenvalue weighted by Gasteiger charge is -2.46. The van der Waals surface area contributed by atoms with Gasteiger partial charge in [-0.2, -0.15) is 0 Å². The van der Waals surface area contributed by atoms with Crippen LogP contribution in [0.2, 0.25) is 0 Å². The minimum atomic E-state index is 0.481. The van der Waals surface area contributed by atoms with Crippen molar-refractivity contribution in [3.05, 3.63) is 0 Å². The highest BCUT2D eigenvalue weighted by molar-refractivity contribution is 4.88. The fraction of sp³-hybridized carbons (Fsp3) is 1.00. The van der Waals surface area contributed by atoms with Crippen LogP contribution in [0.15, 0.2) is 0 Å². The van der Waals surface area contributed by atoms with E-state index >= 15 is 0 Å². The standard InChI is InChI=1S/C12H25N/c1-9-10(2)13(6)8-7-11(9)12(3,4)5/h9-11H,7-8H2,1-6H3. The number of piperidine rings is 1. The summed E-state index contributed by atoms with van der Waals surface area (Å²) in [5, 5.41) is 0. The van der Waals surface area contributed by atoms with Gasteiger partial charge in [0.1, 0.15) is 0 Å². The Morgan fingerprint density at radius 3 is 2.15 bits per heavy atom. The normalized spacial score (nSPS) is 37.8. The summed E-state index contributed by atoms with van der Waals surface area (Å²) < 4.78 is 0. The fourth-order valence-corrected chi connectivity index (χ4v) is 2.77. The Balaban J connectivity index is 2.70. The van der Waals surface area contributed by atoms with Crippen LogP contribution in [0.5, 0.6) is 0 Å². The highest BCUT2D eigenvalue weighted by atomic mass is 15.1. The molecule has 0 aromatic heterocycles. The molecule has 3 unspecified atom stereocenters. The van der Waals surface area contributed by atoms with E-state index in [1.165, 1.54) is 13.0 Å². The first kappa shape index (κ1) is 11.0. The molecule has 0 aliphatic carbocycles. The molecule has 0 saturated carbocycles. The van der Waals surface area contributed by atoms with Gasteiger partial charge in [0.15, 0.2) is 0 Å². The topological polar surface area (TPSA) is 3.24 Å². The molecule has 0 N–H and O–H groups in total. The first-order valence-electron chi connectivity index (χ1n) is 5.54. The molecule has 1 rings (SSSR count). The van der Waals surface area contributed by atoms with Crippen molar-refractivity contribution in [3.8, 4) is 0 Å². The van der Waals surface area contributed by atoms with Gasteiger partial charge in [0, 0.05) is 6.04 Å². The van der Waals surface area contributed by atoms with Crippen LogP contribution in [-0.4, -0.2) is 24.5 Å². The van der Waals surface area contributed by atoms with E-state index in [0.717, 1.165) is 17.9 Å². The van der Waals surface area contributed by atoms with Crippen LogP contribution in [0.3, 0.4) is 0 Å². The van der Waals surface area contributed by atoms with Crippen molar-refractivity contribution in [2.45, 2.75) is 47.1 Å². The van der Waals surface area contributed by atoms with E-state index in [9.17, 15) is 0 Å². The van der Waals surface area contributed by atoms with E-state index in [1.807, 2.05) is 0 Å². The Bertz CT molecular complexity index is 168. The van der Waals surface area contributed by atoms with Crippen LogP contribution < -0.4 is 0 Å². The summed E-state index contributed by atoms with van der Waals surface area (Å²) in [6, 6.07) is 0.748. The maximum atomic E-state index is 2.49.